The van der Waals surface area contributed by atoms with Crippen LogP contribution in [-0.4, -0.2) is 27.1 Å². The molecule has 2 aromatic carbocycles. The van der Waals surface area contributed by atoms with Gasteiger partial charge in [-0.25, -0.2) is 8.42 Å². The highest BCUT2D eigenvalue weighted by atomic mass is 32.2. The molecule has 0 spiro atoms. The molecule has 2 aromatic rings. The van der Waals surface area contributed by atoms with E-state index < -0.39 is 22.5 Å². The molecule has 0 fully saturated rings. The van der Waals surface area contributed by atoms with Gasteiger partial charge in [0.2, 0.25) is 15.9 Å². The van der Waals surface area contributed by atoms with Gasteiger partial charge >= 0.3 is 0 Å². The summed E-state index contributed by atoms with van der Waals surface area (Å²) in [6.45, 7) is -0.479. The molecule has 0 unspecified atom stereocenters. The van der Waals surface area contributed by atoms with E-state index in [0.717, 1.165) is 10.6 Å². The minimum absolute atomic E-state index is 0.213. The second-order valence-electron chi connectivity index (χ2n) is 5.14. The molecule has 0 atom stereocenters. The number of para-hydroxylation sites is 1. The van der Waals surface area contributed by atoms with Gasteiger partial charge in [-0.1, -0.05) is 18.2 Å². The van der Waals surface area contributed by atoms with Crippen LogP contribution in [0.3, 0.4) is 0 Å². The Kier molecular flexibility index (Phi) is 5.38. The summed E-state index contributed by atoms with van der Waals surface area (Å²) < 4.78 is 25.0. The number of amides is 1. The maximum atomic E-state index is 12.3. The van der Waals surface area contributed by atoms with Crippen molar-refractivity contribution in [1.29, 1.82) is 10.5 Å². The molecule has 0 saturated heterocycles. The van der Waals surface area contributed by atoms with Crippen molar-refractivity contribution in [3.05, 3.63) is 59.7 Å². The molecule has 0 aliphatic rings. The molecule has 1 N–H and O–H groups in total. The SMILES string of the molecule is CS(=O)(=O)N(CC(=O)Nc1ccccc1C#N)c1cccc(C#N)c1. The van der Waals surface area contributed by atoms with Crippen molar-refractivity contribution in [2.24, 2.45) is 0 Å². The Bertz CT molecular complexity index is 987. The average Bonchev–Trinajstić information content (AvgIpc) is 2.59. The molecule has 8 heteroatoms. The highest BCUT2D eigenvalue weighted by Crippen LogP contribution is 2.19. The van der Waals surface area contributed by atoms with Gasteiger partial charge in [0.15, 0.2) is 0 Å². The molecular weight excluding hydrogens is 340 g/mol. The monoisotopic (exact) mass is 354 g/mol. The zero-order chi connectivity index (χ0) is 18.4. The fourth-order valence-corrected chi connectivity index (χ4v) is 2.99. The van der Waals surface area contributed by atoms with Gasteiger partial charge in [-0.2, -0.15) is 10.5 Å². The third-order valence-corrected chi connectivity index (χ3v) is 4.41. The van der Waals surface area contributed by atoms with Crippen LogP contribution in [0.1, 0.15) is 11.1 Å². The number of nitrogens with zero attached hydrogens (tertiary/aromatic N) is 3. The van der Waals surface area contributed by atoms with E-state index in [4.69, 9.17) is 10.5 Å². The van der Waals surface area contributed by atoms with Crippen LogP contribution in [0.25, 0.3) is 0 Å². The van der Waals surface area contributed by atoms with E-state index in [0.29, 0.717) is 5.69 Å². The van der Waals surface area contributed by atoms with Gasteiger partial charge in [0.1, 0.15) is 12.6 Å². The minimum Gasteiger partial charge on any atom is -0.323 e. The Morgan fingerprint density at radius 3 is 2.48 bits per heavy atom. The smallest absolute Gasteiger partial charge is 0.245 e. The highest BCUT2D eigenvalue weighted by molar-refractivity contribution is 7.92. The summed E-state index contributed by atoms with van der Waals surface area (Å²) in [5.41, 5.74) is 1.06. The van der Waals surface area contributed by atoms with Crippen molar-refractivity contribution >= 4 is 27.3 Å². The third-order valence-electron chi connectivity index (χ3n) is 3.27. The highest BCUT2D eigenvalue weighted by Gasteiger charge is 2.21. The Morgan fingerprint density at radius 2 is 1.84 bits per heavy atom. The van der Waals surface area contributed by atoms with Gasteiger partial charge in [0, 0.05) is 0 Å². The number of nitriles is 2. The van der Waals surface area contributed by atoms with Gasteiger partial charge in [0.25, 0.3) is 0 Å². The second kappa shape index (κ2) is 7.47. The number of hydrogen-bond acceptors (Lipinski definition) is 5. The van der Waals surface area contributed by atoms with E-state index in [2.05, 4.69) is 5.32 Å². The predicted molar refractivity (Wildman–Crippen MR) is 93.1 cm³/mol. The fraction of sp³-hybridized carbons (Fsp3) is 0.118. The summed E-state index contributed by atoms with van der Waals surface area (Å²) in [5, 5.41) is 20.5. The van der Waals surface area contributed by atoms with Gasteiger partial charge in [-0.3, -0.25) is 9.10 Å². The van der Waals surface area contributed by atoms with E-state index in [1.807, 2.05) is 12.1 Å². The van der Waals surface area contributed by atoms with Crippen molar-refractivity contribution < 1.29 is 13.2 Å². The van der Waals surface area contributed by atoms with Crippen molar-refractivity contribution in [3.63, 3.8) is 0 Å². The number of rotatable bonds is 5. The standard InChI is InChI=1S/C17H14N4O3S/c1-25(23,24)21(15-7-4-5-13(9-15)10-18)12-17(22)20-16-8-3-2-6-14(16)11-19/h2-9H,12H2,1H3,(H,20,22). The van der Waals surface area contributed by atoms with Crippen molar-refractivity contribution in [1.82, 2.24) is 0 Å². The van der Waals surface area contributed by atoms with Gasteiger partial charge in [-0.15, -0.1) is 0 Å². The summed E-state index contributed by atoms with van der Waals surface area (Å²) in [7, 11) is -3.75. The largest absolute Gasteiger partial charge is 0.323 e. The Hall–Kier alpha value is -3.36. The van der Waals surface area contributed by atoms with Crippen molar-refractivity contribution in [3.8, 4) is 12.1 Å². The molecule has 126 valence electrons. The molecule has 0 aliphatic heterocycles. The maximum absolute atomic E-state index is 12.3. The van der Waals surface area contributed by atoms with E-state index in [1.54, 1.807) is 24.3 Å². The Labute approximate surface area is 145 Å². The summed E-state index contributed by atoms with van der Waals surface area (Å²) in [4.78, 5) is 12.3. The Balaban J connectivity index is 2.28. The normalized spacial score (nSPS) is 10.4. The quantitative estimate of drug-likeness (QED) is 0.880. The van der Waals surface area contributed by atoms with Gasteiger partial charge < -0.3 is 5.32 Å². The summed E-state index contributed by atoms with van der Waals surface area (Å²) in [6, 6.07) is 16.2. The zero-order valence-electron chi connectivity index (χ0n) is 13.3. The van der Waals surface area contributed by atoms with Crippen LogP contribution in [0, 0.1) is 22.7 Å². The third kappa shape index (κ3) is 4.56. The Morgan fingerprint density at radius 1 is 1.12 bits per heavy atom. The molecule has 1 amide bonds. The molecule has 0 aliphatic carbocycles. The van der Waals surface area contributed by atoms with Crippen LogP contribution in [0.15, 0.2) is 48.5 Å². The molecule has 0 bridgehead atoms. The maximum Gasteiger partial charge on any atom is 0.245 e. The van der Waals surface area contributed by atoms with Crippen LogP contribution in [-0.2, 0) is 14.8 Å². The van der Waals surface area contributed by atoms with Gasteiger partial charge in [0.05, 0.1) is 34.8 Å². The topological polar surface area (TPSA) is 114 Å². The van der Waals surface area contributed by atoms with Crippen LogP contribution >= 0.6 is 0 Å². The lowest BCUT2D eigenvalue weighted by molar-refractivity contribution is -0.114. The lowest BCUT2D eigenvalue weighted by Crippen LogP contribution is -2.37. The minimum atomic E-state index is -3.75. The first-order valence-electron chi connectivity index (χ1n) is 7.12. The summed E-state index contributed by atoms with van der Waals surface area (Å²) in [6.07, 6.45) is 0.975. The van der Waals surface area contributed by atoms with E-state index in [9.17, 15) is 13.2 Å². The van der Waals surface area contributed by atoms with E-state index in [1.165, 1.54) is 24.3 Å². The molecule has 7 nitrogen and oxygen atoms in total. The summed E-state index contributed by atoms with van der Waals surface area (Å²) >= 11 is 0. The van der Waals surface area contributed by atoms with Crippen molar-refractivity contribution in [2.45, 2.75) is 0 Å². The molecular formula is C17H14N4O3S. The van der Waals surface area contributed by atoms with Crippen LogP contribution < -0.4 is 9.62 Å². The number of benzene rings is 2. The predicted octanol–water partition coefficient (Wildman–Crippen LogP) is 1.83. The number of carbonyl (C=O) groups excluding carboxylic acids is 1. The van der Waals surface area contributed by atoms with Gasteiger partial charge in [-0.05, 0) is 30.3 Å². The number of hydrogen-bond donors (Lipinski definition) is 1. The molecule has 0 saturated carbocycles. The van der Waals surface area contributed by atoms with Crippen LogP contribution in [0.2, 0.25) is 0 Å². The lowest BCUT2D eigenvalue weighted by atomic mass is 10.2. The lowest BCUT2D eigenvalue weighted by Gasteiger charge is -2.22. The first-order valence-corrected chi connectivity index (χ1v) is 8.97. The van der Waals surface area contributed by atoms with Crippen LogP contribution in [0.5, 0.6) is 0 Å². The molecule has 2 rings (SSSR count). The second-order valence-corrected chi connectivity index (χ2v) is 7.04. The molecule has 25 heavy (non-hydrogen) atoms. The fourth-order valence-electron chi connectivity index (χ4n) is 2.14. The summed E-state index contributed by atoms with van der Waals surface area (Å²) in [5.74, 6) is -0.601. The first kappa shape index (κ1) is 18.0. The first-order chi connectivity index (χ1) is 11.8. The van der Waals surface area contributed by atoms with Crippen LogP contribution in [0.4, 0.5) is 11.4 Å². The zero-order valence-corrected chi connectivity index (χ0v) is 14.1. The average molecular weight is 354 g/mol. The van der Waals surface area contributed by atoms with E-state index in [-0.39, 0.29) is 16.8 Å². The van der Waals surface area contributed by atoms with Crippen molar-refractivity contribution in [2.75, 3.05) is 22.4 Å². The van der Waals surface area contributed by atoms with E-state index >= 15 is 0 Å². The molecule has 0 aromatic heterocycles. The number of nitrogens with one attached hydrogen (secondary N) is 1. The number of anilines is 2. The molecule has 0 heterocycles. The number of carbonyl (C=O) groups is 1. The molecule has 0 radical (unpaired) electrons. The number of sulfonamides is 1.